The summed E-state index contributed by atoms with van der Waals surface area (Å²) in [4.78, 5) is 19.9. The van der Waals surface area contributed by atoms with Crippen LogP contribution in [0.1, 0.15) is 11.1 Å². The third-order valence-electron chi connectivity index (χ3n) is 2.42. The van der Waals surface area contributed by atoms with Gasteiger partial charge in [0, 0.05) is 0 Å². The first-order chi connectivity index (χ1) is 10.6. The van der Waals surface area contributed by atoms with Crippen molar-refractivity contribution in [3.8, 4) is 0 Å². The summed E-state index contributed by atoms with van der Waals surface area (Å²) in [5.41, 5.74) is 1.72. The average Bonchev–Trinajstić information content (AvgIpc) is 2.53. The molecule has 0 aliphatic rings. The van der Waals surface area contributed by atoms with E-state index in [-0.39, 0.29) is 37.7 Å². The van der Waals surface area contributed by atoms with E-state index in [9.17, 15) is 19.8 Å². The monoisotopic (exact) mass is 334 g/mol. The van der Waals surface area contributed by atoms with Crippen LogP contribution in [-0.2, 0) is 9.59 Å². The molecule has 0 aliphatic heterocycles. The van der Waals surface area contributed by atoms with Gasteiger partial charge in [-0.3, -0.25) is 0 Å². The van der Waals surface area contributed by atoms with Gasteiger partial charge in [-0.2, -0.15) is 0 Å². The van der Waals surface area contributed by atoms with Crippen molar-refractivity contribution in [1.29, 1.82) is 0 Å². The van der Waals surface area contributed by atoms with Crippen molar-refractivity contribution in [2.45, 2.75) is 0 Å². The molecule has 5 heteroatoms. The molecule has 0 saturated heterocycles. The molecule has 0 unspecified atom stereocenters. The van der Waals surface area contributed by atoms with Crippen molar-refractivity contribution >= 4 is 61.8 Å². The number of carbonyl (C=O) groups excluding carboxylic acids is 2. The molecule has 2 aromatic rings. The minimum Gasteiger partial charge on any atom is -0.545 e. The number of carboxylic acid groups (broad SMARTS) is 2. The summed E-state index contributed by atoms with van der Waals surface area (Å²) in [5, 5.41) is 19.9. The topological polar surface area (TPSA) is 80.3 Å². The second-order valence-corrected chi connectivity index (χ2v) is 4.13. The molecule has 0 bridgehead atoms. The maximum atomic E-state index is 9.97. The van der Waals surface area contributed by atoms with Gasteiger partial charge >= 0.3 is 37.7 Å². The Kier molecular flexibility index (Phi) is 11.6. The Hall–Kier alpha value is -1.88. The molecule has 0 amide bonds. The Morgan fingerprint density at radius 2 is 0.957 bits per heavy atom. The molecule has 112 valence electrons. The standard InChI is InChI=1S/2C9H8O2.Ca/c2*10-9(11)7-6-8-4-2-1-3-5-8;/h2*1-7H,(H,10,11);/q;;+2/p-2/b2*7-6-;. The third kappa shape index (κ3) is 11.4. The van der Waals surface area contributed by atoms with Crippen molar-refractivity contribution in [2.24, 2.45) is 0 Å². The first kappa shape index (κ1) is 21.1. The SMILES string of the molecule is O=C([O-])/C=C\c1ccccc1.O=C([O-])/C=C\c1ccccc1.[Ca+2]. The van der Waals surface area contributed by atoms with E-state index in [1.807, 2.05) is 60.7 Å². The Bertz CT molecular complexity index is 590. The quantitative estimate of drug-likeness (QED) is 0.603. The molecular weight excluding hydrogens is 320 g/mol. The van der Waals surface area contributed by atoms with Gasteiger partial charge in [0.2, 0.25) is 0 Å². The Labute approximate surface area is 164 Å². The minimum atomic E-state index is -1.17. The van der Waals surface area contributed by atoms with Gasteiger partial charge in [0.05, 0.1) is 11.9 Å². The molecule has 0 atom stereocenters. The van der Waals surface area contributed by atoms with Gasteiger partial charge < -0.3 is 19.8 Å². The maximum absolute atomic E-state index is 9.97. The summed E-state index contributed by atoms with van der Waals surface area (Å²) in [7, 11) is 0. The second-order valence-electron chi connectivity index (χ2n) is 4.13. The summed E-state index contributed by atoms with van der Waals surface area (Å²) >= 11 is 0. The van der Waals surface area contributed by atoms with Crippen molar-refractivity contribution in [2.75, 3.05) is 0 Å². The average molecular weight is 334 g/mol. The van der Waals surface area contributed by atoms with Gasteiger partial charge in [-0.15, -0.1) is 0 Å². The van der Waals surface area contributed by atoms with Crippen LogP contribution >= 0.6 is 0 Å². The van der Waals surface area contributed by atoms with Gasteiger partial charge in [-0.1, -0.05) is 72.8 Å². The van der Waals surface area contributed by atoms with E-state index in [0.717, 1.165) is 23.3 Å². The first-order valence-corrected chi connectivity index (χ1v) is 6.46. The fraction of sp³-hybridized carbons (Fsp3) is 0. The number of rotatable bonds is 4. The molecule has 0 aliphatic carbocycles. The predicted octanol–water partition coefficient (Wildman–Crippen LogP) is 0.519. The molecule has 0 heterocycles. The molecule has 0 spiro atoms. The van der Waals surface area contributed by atoms with Crippen LogP contribution in [0, 0.1) is 0 Å². The third-order valence-corrected chi connectivity index (χ3v) is 2.42. The number of carboxylic acids is 2. The van der Waals surface area contributed by atoms with E-state index in [2.05, 4.69) is 0 Å². The number of hydrogen-bond donors (Lipinski definition) is 0. The molecule has 0 N–H and O–H groups in total. The van der Waals surface area contributed by atoms with Crippen molar-refractivity contribution in [3.05, 3.63) is 83.9 Å². The Balaban J connectivity index is 0.000000403. The summed E-state index contributed by atoms with van der Waals surface area (Å²) in [6, 6.07) is 18.4. The van der Waals surface area contributed by atoms with Crippen LogP contribution in [0.25, 0.3) is 12.2 Å². The zero-order valence-corrected chi connectivity index (χ0v) is 14.6. The molecule has 2 rings (SSSR count). The molecular formula is C18H14CaO4. The maximum Gasteiger partial charge on any atom is 2.00 e. The molecule has 0 aromatic heterocycles. The van der Waals surface area contributed by atoms with Gasteiger partial charge in [0.25, 0.3) is 0 Å². The van der Waals surface area contributed by atoms with Crippen LogP contribution in [-0.4, -0.2) is 49.7 Å². The van der Waals surface area contributed by atoms with Crippen LogP contribution < -0.4 is 10.2 Å². The first-order valence-electron chi connectivity index (χ1n) is 6.46. The number of hydrogen-bond acceptors (Lipinski definition) is 4. The van der Waals surface area contributed by atoms with Gasteiger partial charge in [-0.25, -0.2) is 0 Å². The number of carbonyl (C=O) groups is 2. The minimum absolute atomic E-state index is 0. The summed E-state index contributed by atoms with van der Waals surface area (Å²) < 4.78 is 0. The summed E-state index contributed by atoms with van der Waals surface area (Å²) in [6.07, 6.45) is 5.01. The molecule has 0 saturated carbocycles. The Morgan fingerprint density at radius 3 is 1.22 bits per heavy atom. The van der Waals surface area contributed by atoms with E-state index < -0.39 is 11.9 Å². The van der Waals surface area contributed by atoms with E-state index >= 15 is 0 Å². The van der Waals surface area contributed by atoms with Crippen LogP contribution in [0.2, 0.25) is 0 Å². The van der Waals surface area contributed by atoms with Crippen LogP contribution in [0.5, 0.6) is 0 Å². The van der Waals surface area contributed by atoms with Gasteiger partial charge in [0.15, 0.2) is 0 Å². The smallest absolute Gasteiger partial charge is 0.545 e. The fourth-order valence-corrected chi connectivity index (χ4v) is 1.46. The summed E-state index contributed by atoms with van der Waals surface area (Å²) in [6.45, 7) is 0. The molecule has 23 heavy (non-hydrogen) atoms. The normalized spacial score (nSPS) is 9.74. The van der Waals surface area contributed by atoms with Crippen molar-refractivity contribution in [3.63, 3.8) is 0 Å². The molecule has 0 radical (unpaired) electrons. The van der Waals surface area contributed by atoms with Gasteiger partial charge in [-0.05, 0) is 23.3 Å². The number of aliphatic carboxylic acids is 2. The van der Waals surface area contributed by atoms with E-state index in [1.54, 1.807) is 0 Å². The second kappa shape index (κ2) is 12.6. The fourth-order valence-electron chi connectivity index (χ4n) is 1.46. The Morgan fingerprint density at radius 1 is 0.652 bits per heavy atom. The number of benzene rings is 2. The van der Waals surface area contributed by atoms with Gasteiger partial charge in [0.1, 0.15) is 0 Å². The molecule has 4 nitrogen and oxygen atoms in total. The summed E-state index contributed by atoms with van der Waals surface area (Å²) in [5.74, 6) is -2.34. The molecule has 2 aromatic carbocycles. The predicted molar refractivity (Wildman–Crippen MR) is 86.7 cm³/mol. The zero-order valence-electron chi connectivity index (χ0n) is 12.4. The van der Waals surface area contributed by atoms with E-state index in [4.69, 9.17) is 0 Å². The van der Waals surface area contributed by atoms with Crippen LogP contribution in [0.15, 0.2) is 72.8 Å². The molecule has 0 fully saturated rings. The van der Waals surface area contributed by atoms with Crippen LogP contribution in [0.3, 0.4) is 0 Å². The zero-order chi connectivity index (χ0) is 16.2. The van der Waals surface area contributed by atoms with Crippen molar-refractivity contribution in [1.82, 2.24) is 0 Å². The van der Waals surface area contributed by atoms with E-state index in [0.29, 0.717) is 0 Å². The van der Waals surface area contributed by atoms with E-state index in [1.165, 1.54) is 12.2 Å². The largest absolute Gasteiger partial charge is 2.00 e. The van der Waals surface area contributed by atoms with Crippen molar-refractivity contribution < 1.29 is 19.8 Å². The van der Waals surface area contributed by atoms with Crippen LogP contribution in [0.4, 0.5) is 0 Å².